The van der Waals surface area contributed by atoms with Crippen molar-refractivity contribution in [2.75, 3.05) is 32.3 Å². The molecule has 0 radical (unpaired) electrons. The van der Waals surface area contributed by atoms with Crippen LogP contribution in [0.2, 0.25) is 5.02 Å². The number of amides is 1. The molecule has 1 atom stereocenters. The smallest absolute Gasteiger partial charge is 0.234 e. The predicted molar refractivity (Wildman–Crippen MR) is 125 cm³/mol. The van der Waals surface area contributed by atoms with E-state index >= 15 is 0 Å². The van der Waals surface area contributed by atoms with E-state index in [-0.39, 0.29) is 17.7 Å². The summed E-state index contributed by atoms with van der Waals surface area (Å²) < 4.78 is 7.21. The van der Waals surface area contributed by atoms with Crippen molar-refractivity contribution in [1.82, 2.24) is 19.7 Å². The van der Waals surface area contributed by atoms with Gasteiger partial charge in [-0.1, -0.05) is 53.7 Å². The summed E-state index contributed by atoms with van der Waals surface area (Å²) >= 11 is 7.49. The van der Waals surface area contributed by atoms with E-state index in [1.54, 1.807) is 25.3 Å². The van der Waals surface area contributed by atoms with E-state index < -0.39 is 0 Å². The molecule has 9 heteroatoms. The van der Waals surface area contributed by atoms with Crippen molar-refractivity contribution in [3.63, 3.8) is 0 Å². The number of nitrogens with zero attached hydrogens (tertiary/aromatic N) is 4. The molecular weight excluding hydrogens is 434 g/mol. The van der Waals surface area contributed by atoms with E-state index in [0.29, 0.717) is 28.2 Å². The molecule has 0 aliphatic carbocycles. The van der Waals surface area contributed by atoms with Crippen molar-refractivity contribution in [3.05, 3.63) is 64.9 Å². The fourth-order valence-electron chi connectivity index (χ4n) is 2.93. The molecule has 3 aromatic rings. The highest BCUT2D eigenvalue weighted by Gasteiger charge is 2.20. The first kappa shape index (κ1) is 23.1. The molecule has 31 heavy (non-hydrogen) atoms. The van der Waals surface area contributed by atoms with Gasteiger partial charge in [0.25, 0.3) is 0 Å². The maximum Gasteiger partial charge on any atom is 0.234 e. The molecule has 0 unspecified atom stereocenters. The van der Waals surface area contributed by atoms with E-state index in [1.165, 1.54) is 11.8 Å². The standard InChI is InChI=1S/C22H26ClN5O2S/c1-15(27(2)3)21-25-26-22(28(21)13-16-8-6-5-7-9-16)31-14-20(29)24-17-10-11-19(30-4)18(23)12-17/h5-12,15H,13-14H2,1-4H3,(H,24,29)/t15-/m1/s1. The highest BCUT2D eigenvalue weighted by Crippen LogP contribution is 2.28. The summed E-state index contributed by atoms with van der Waals surface area (Å²) in [4.78, 5) is 14.6. The van der Waals surface area contributed by atoms with Crippen molar-refractivity contribution < 1.29 is 9.53 Å². The van der Waals surface area contributed by atoms with E-state index in [0.717, 1.165) is 11.4 Å². The lowest BCUT2D eigenvalue weighted by Crippen LogP contribution is -2.21. The monoisotopic (exact) mass is 459 g/mol. The summed E-state index contributed by atoms with van der Waals surface area (Å²) in [5.74, 6) is 1.47. The summed E-state index contributed by atoms with van der Waals surface area (Å²) in [5, 5.41) is 12.8. The molecule has 1 N–H and O–H groups in total. The second kappa shape index (κ2) is 10.7. The first-order chi connectivity index (χ1) is 14.9. The average molecular weight is 460 g/mol. The second-order valence-corrected chi connectivity index (χ2v) is 8.59. The van der Waals surface area contributed by atoms with Gasteiger partial charge in [-0.25, -0.2) is 0 Å². The van der Waals surface area contributed by atoms with Crippen LogP contribution in [-0.2, 0) is 11.3 Å². The third-order valence-electron chi connectivity index (χ3n) is 4.85. The summed E-state index contributed by atoms with van der Waals surface area (Å²) in [6, 6.07) is 15.4. The van der Waals surface area contributed by atoms with Crippen LogP contribution in [-0.4, -0.2) is 52.5 Å². The molecule has 1 heterocycles. The van der Waals surface area contributed by atoms with Gasteiger partial charge < -0.3 is 14.6 Å². The van der Waals surface area contributed by atoms with Crippen LogP contribution in [0.4, 0.5) is 5.69 Å². The van der Waals surface area contributed by atoms with Gasteiger partial charge in [0.05, 0.1) is 30.5 Å². The van der Waals surface area contributed by atoms with Crippen LogP contribution >= 0.6 is 23.4 Å². The van der Waals surface area contributed by atoms with Crippen LogP contribution in [0.15, 0.2) is 53.7 Å². The van der Waals surface area contributed by atoms with E-state index in [2.05, 4.69) is 44.0 Å². The summed E-state index contributed by atoms with van der Waals surface area (Å²) in [6.07, 6.45) is 0. The maximum atomic E-state index is 12.5. The molecule has 1 aromatic heterocycles. The second-order valence-electron chi connectivity index (χ2n) is 7.24. The highest BCUT2D eigenvalue weighted by molar-refractivity contribution is 7.99. The number of hydrogen-bond donors (Lipinski definition) is 1. The zero-order valence-corrected chi connectivity index (χ0v) is 19.6. The molecule has 2 aromatic carbocycles. The molecule has 0 aliphatic rings. The number of carbonyl (C=O) groups excluding carboxylic acids is 1. The molecule has 164 valence electrons. The highest BCUT2D eigenvalue weighted by atomic mass is 35.5. The number of methoxy groups -OCH3 is 1. The molecular formula is C22H26ClN5O2S. The van der Waals surface area contributed by atoms with Gasteiger partial charge in [-0.2, -0.15) is 0 Å². The first-order valence-corrected chi connectivity index (χ1v) is 11.1. The Morgan fingerprint density at radius 2 is 1.97 bits per heavy atom. The third kappa shape index (κ3) is 6.00. The normalized spacial score (nSPS) is 12.1. The summed E-state index contributed by atoms with van der Waals surface area (Å²) in [6.45, 7) is 2.72. The molecule has 1 amide bonds. The van der Waals surface area contributed by atoms with Crippen molar-refractivity contribution in [3.8, 4) is 5.75 Å². The Labute approximate surface area is 191 Å². The van der Waals surface area contributed by atoms with Crippen molar-refractivity contribution in [2.24, 2.45) is 0 Å². The SMILES string of the molecule is COc1ccc(NC(=O)CSc2nnc([C@@H](C)N(C)C)n2Cc2ccccc2)cc1Cl. The molecule has 0 aliphatic heterocycles. The lowest BCUT2D eigenvalue weighted by atomic mass is 10.2. The van der Waals surface area contributed by atoms with Gasteiger partial charge in [-0.3, -0.25) is 9.69 Å². The Balaban J connectivity index is 1.73. The number of benzene rings is 2. The van der Waals surface area contributed by atoms with Crippen molar-refractivity contribution in [2.45, 2.75) is 24.7 Å². The maximum absolute atomic E-state index is 12.5. The van der Waals surface area contributed by atoms with Crippen LogP contribution in [0.25, 0.3) is 0 Å². The zero-order chi connectivity index (χ0) is 22.4. The quantitative estimate of drug-likeness (QED) is 0.480. The number of rotatable bonds is 9. The average Bonchev–Trinajstić information content (AvgIpc) is 3.14. The fraction of sp³-hybridized carbons (Fsp3) is 0.318. The molecule has 0 spiro atoms. The molecule has 0 saturated carbocycles. The van der Waals surface area contributed by atoms with E-state index in [4.69, 9.17) is 16.3 Å². The topological polar surface area (TPSA) is 72.3 Å². The Morgan fingerprint density at radius 3 is 2.61 bits per heavy atom. The zero-order valence-electron chi connectivity index (χ0n) is 18.0. The van der Waals surface area contributed by atoms with Gasteiger partial charge in [0.2, 0.25) is 5.91 Å². The Bertz CT molecular complexity index is 1030. The number of hydrogen-bond acceptors (Lipinski definition) is 6. The fourth-order valence-corrected chi connectivity index (χ4v) is 3.94. The molecule has 7 nitrogen and oxygen atoms in total. The number of anilines is 1. The number of nitrogens with one attached hydrogen (secondary N) is 1. The van der Waals surface area contributed by atoms with Crippen molar-refractivity contribution >= 4 is 35.0 Å². The largest absolute Gasteiger partial charge is 0.495 e. The molecule has 0 bridgehead atoms. The minimum Gasteiger partial charge on any atom is -0.495 e. The van der Waals surface area contributed by atoms with Gasteiger partial charge in [0, 0.05) is 5.69 Å². The first-order valence-electron chi connectivity index (χ1n) is 9.78. The Hall–Kier alpha value is -2.55. The van der Waals surface area contributed by atoms with Crippen LogP contribution in [0.5, 0.6) is 5.75 Å². The van der Waals surface area contributed by atoms with Crippen LogP contribution in [0, 0.1) is 0 Å². The summed E-state index contributed by atoms with van der Waals surface area (Å²) in [7, 11) is 5.56. The Kier molecular flexibility index (Phi) is 7.95. The van der Waals surface area contributed by atoms with Gasteiger partial charge in [-0.15, -0.1) is 10.2 Å². The molecule has 3 rings (SSSR count). The van der Waals surface area contributed by atoms with Crippen molar-refractivity contribution in [1.29, 1.82) is 0 Å². The lowest BCUT2D eigenvalue weighted by molar-refractivity contribution is -0.113. The number of carbonyl (C=O) groups is 1. The van der Waals surface area contributed by atoms with Gasteiger partial charge in [0.1, 0.15) is 5.75 Å². The minimum atomic E-state index is -0.150. The van der Waals surface area contributed by atoms with Gasteiger partial charge in [-0.05, 0) is 44.8 Å². The van der Waals surface area contributed by atoms with Crippen LogP contribution in [0.1, 0.15) is 24.4 Å². The van der Waals surface area contributed by atoms with E-state index in [1.807, 2.05) is 32.3 Å². The van der Waals surface area contributed by atoms with Crippen LogP contribution < -0.4 is 10.1 Å². The van der Waals surface area contributed by atoms with Gasteiger partial charge in [0.15, 0.2) is 11.0 Å². The minimum absolute atomic E-state index is 0.0841. The van der Waals surface area contributed by atoms with Crippen LogP contribution in [0.3, 0.4) is 0 Å². The number of ether oxygens (including phenoxy) is 1. The molecule has 0 fully saturated rings. The van der Waals surface area contributed by atoms with Gasteiger partial charge >= 0.3 is 0 Å². The summed E-state index contributed by atoms with van der Waals surface area (Å²) in [5.41, 5.74) is 1.76. The Morgan fingerprint density at radius 1 is 1.23 bits per heavy atom. The number of halogens is 1. The molecule has 0 saturated heterocycles. The number of aromatic nitrogens is 3. The lowest BCUT2D eigenvalue weighted by Gasteiger charge is -2.20. The van der Waals surface area contributed by atoms with E-state index in [9.17, 15) is 4.79 Å². The predicted octanol–water partition coefficient (Wildman–Crippen LogP) is 4.34. The number of thioether (sulfide) groups is 1. The third-order valence-corrected chi connectivity index (χ3v) is 6.11.